The van der Waals surface area contributed by atoms with Gasteiger partial charge in [0.05, 0.1) is 23.6 Å². The number of nitrogens with zero attached hydrogens (tertiary/aromatic N) is 3. The largest absolute Gasteiger partial charge is 0.331 e. The lowest BCUT2D eigenvalue weighted by molar-refractivity contribution is 0.248. The van der Waals surface area contributed by atoms with E-state index in [4.69, 9.17) is 0 Å². The van der Waals surface area contributed by atoms with Crippen LogP contribution in [0.4, 0.5) is 14.9 Å². The van der Waals surface area contributed by atoms with Gasteiger partial charge in [-0.15, -0.1) is 0 Å². The summed E-state index contributed by atoms with van der Waals surface area (Å²) in [6, 6.07) is 6.17. The number of hydrogen-bond acceptors (Lipinski definition) is 3. The second-order valence-corrected chi connectivity index (χ2v) is 6.34. The summed E-state index contributed by atoms with van der Waals surface area (Å²) in [4.78, 5) is 16.7. The molecule has 0 radical (unpaired) electrons. The Bertz CT molecular complexity index is 981. The maximum absolute atomic E-state index is 13.3. The summed E-state index contributed by atoms with van der Waals surface area (Å²) >= 11 is 0. The van der Waals surface area contributed by atoms with Crippen molar-refractivity contribution in [3.63, 3.8) is 0 Å². The number of rotatable bonds is 2. The average molecular weight is 339 g/mol. The molecule has 1 aliphatic rings. The summed E-state index contributed by atoms with van der Waals surface area (Å²) in [5.74, 6) is -0.241. The molecular formula is C18H18FN5O. The molecule has 128 valence electrons. The van der Waals surface area contributed by atoms with Gasteiger partial charge in [0, 0.05) is 12.4 Å². The minimum absolute atomic E-state index is 0.104. The summed E-state index contributed by atoms with van der Waals surface area (Å²) < 4.78 is 15.0. The molecule has 0 saturated heterocycles. The minimum Gasteiger partial charge on any atom is -0.331 e. The Morgan fingerprint density at radius 2 is 2.20 bits per heavy atom. The zero-order valence-electron chi connectivity index (χ0n) is 14.0. The molecule has 1 atom stereocenters. The number of hydrogen-bond donors (Lipinski definition) is 2. The SMILES string of the molecule is Cc1nn(C)c2ncc(NC(=O)NC3CCc4cc(F)ccc43)cc12. The molecule has 7 heteroatoms. The van der Waals surface area contributed by atoms with E-state index >= 15 is 0 Å². The van der Waals surface area contributed by atoms with Gasteiger partial charge in [-0.1, -0.05) is 6.07 Å². The summed E-state index contributed by atoms with van der Waals surface area (Å²) in [6.45, 7) is 1.91. The van der Waals surface area contributed by atoms with Crippen molar-refractivity contribution in [2.24, 2.45) is 7.05 Å². The van der Waals surface area contributed by atoms with Crippen molar-refractivity contribution in [3.05, 3.63) is 53.1 Å². The van der Waals surface area contributed by atoms with Gasteiger partial charge in [0.15, 0.2) is 5.65 Å². The molecule has 1 aliphatic carbocycles. The highest BCUT2D eigenvalue weighted by Crippen LogP contribution is 2.31. The zero-order chi connectivity index (χ0) is 17.6. The molecular weight excluding hydrogens is 321 g/mol. The van der Waals surface area contributed by atoms with Crippen LogP contribution >= 0.6 is 0 Å². The monoisotopic (exact) mass is 339 g/mol. The van der Waals surface area contributed by atoms with Crippen LogP contribution in [0.15, 0.2) is 30.5 Å². The van der Waals surface area contributed by atoms with Crippen molar-refractivity contribution in [3.8, 4) is 0 Å². The van der Waals surface area contributed by atoms with Gasteiger partial charge in [-0.2, -0.15) is 5.10 Å². The van der Waals surface area contributed by atoms with Gasteiger partial charge in [-0.05, 0) is 49.1 Å². The predicted octanol–water partition coefficient (Wildman–Crippen LogP) is 3.22. The van der Waals surface area contributed by atoms with E-state index in [0.717, 1.165) is 40.7 Å². The molecule has 25 heavy (non-hydrogen) atoms. The average Bonchev–Trinajstić information content (AvgIpc) is 3.08. The molecule has 2 aromatic heterocycles. The molecule has 4 rings (SSSR count). The Labute approximate surface area is 144 Å². The second-order valence-electron chi connectivity index (χ2n) is 6.34. The highest BCUT2D eigenvalue weighted by molar-refractivity contribution is 5.92. The van der Waals surface area contributed by atoms with Gasteiger partial charge in [0.1, 0.15) is 5.82 Å². The molecule has 6 nitrogen and oxygen atoms in total. The van der Waals surface area contributed by atoms with E-state index < -0.39 is 0 Å². The molecule has 0 saturated carbocycles. The van der Waals surface area contributed by atoms with Crippen molar-refractivity contribution in [2.45, 2.75) is 25.8 Å². The Morgan fingerprint density at radius 1 is 1.36 bits per heavy atom. The van der Waals surface area contributed by atoms with Crippen LogP contribution in [0.3, 0.4) is 0 Å². The standard InChI is InChI=1S/C18H18FN5O/c1-10-15-8-13(9-20-17(15)24(2)23-10)21-18(25)22-16-6-3-11-7-12(19)4-5-14(11)16/h4-5,7-9,16H,3,6H2,1-2H3,(H2,21,22,25). The van der Waals surface area contributed by atoms with Gasteiger partial charge in [0.2, 0.25) is 0 Å². The summed E-state index contributed by atoms with van der Waals surface area (Å²) in [5.41, 5.74) is 4.18. The fraction of sp³-hybridized carbons (Fsp3) is 0.278. The molecule has 2 amide bonds. The molecule has 0 bridgehead atoms. The lowest BCUT2D eigenvalue weighted by Crippen LogP contribution is -2.31. The first kappa shape index (κ1) is 15.6. The summed E-state index contributed by atoms with van der Waals surface area (Å²) in [7, 11) is 1.84. The molecule has 0 fully saturated rings. The van der Waals surface area contributed by atoms with E-state index in [0.29, 0.717) is 5.69 Å². The Hall–Kier alpha value is -2.96. The first-order chi connectivity index (χ1) is 12.0. The minimum atomic E-state index is -0.301. The topological polar surface area (TPSA) is 71.8 Å². The molecule has 2 heterocycles. The highest BCUT2D eigenvalue weighted by Gasteiger charge is 2.24. The second kappa shape index (κ2) is 5.84. The van der Waals surface area contributed by atoms with Crippen LogP contribution in [-0.2, 0) is 13.5 Å². The molecule has 1 unspecified atom stereocenters. The summed E-state index contributed by atoms with van der Waals surface area (Å²) in [6.07, 6.45) is 3.15. The first-order valence-corrected chi connectivity index (χ1v) is 8.16. The fourth-order valence-corrected chi connectivity index (χ4v) is 3.44. The van der Waals surface area contributed by atoms with Crippen LogP contribution in [0.25, 0.3) is 11.0 Å². The molecule has 0 spiro atoms. The fourth-order valence-electron chi connectivity index (χ4n) is 3.44. The van der Waals surface area contributed by atoms with Crippen LogP contribution < -0.4 is 10.6 Å². The number of nitrogens with one attached hydrogen (secondary N) is 2. The first-order valence-electron chi connectivity index (χ1n) is 8.16. The normalized spacial score (nSPS) is 16.0. The van der Waals surface area contributed by atoms with Crippen LogP contribution in [0.2, 0.25) is 0 Å². The summed E-state index contributed by atoms with van der Waals surface area (Å²) in [5, 5.41) is 11.0. The Morgan fingerprint density at radius 3 is 3.04 bits per heavy atom. The van der Waals surface area contributed by atoms with Crippen molar-refractivity contribution in [1.82, 2.24) is 20.1 Å². The molecule has 2 N–H and O–H groups in total. The van der Waals surface area contributed by atoms with Crippen molar-refractivity contribution < 1.29 is 9.18 Å². The van der Waals surface area contributed by atoms with Gasteiger partial charge in [-0.25, -0.2) is 14.2 Å². The van der Waals surface area contributed by atoms with Gasteiger partial charge in [-0.3, -0.25) is 4.68 Å². The van der Waals surface area contributed by atoms with Crippen LogP contribution in [0, 0.1) is 12.7 Å². The smallest absolute Gasteiger partial charge is 0.319 e. The van der Waals surface area contributed by atoms with Crippen molar-refractivity contribution in [1.29, 1.82) is 0 Å². The number of benzene rings is 1. The maximum Gasteiger partial charge on any atom is 0.319 e. The van der Waals surface area contributed by atoms with Crippen molar-refractivity contribution >= 4 is 22.8 Å². The number of anilines is 1. The van der Waals surface area contributed by atoms with Crippen LogP contribution in [-0.4, -0.2) is 20.8 Å². The predicted molar refractivity (Wildman–Crippen MR) is 92.9 cm³/mol. The number of amides is 2. The van der Waals surface area contributed by atoms with E-state index in [9.17, 15) is 9.18 Å². The zero-order valence-corrected chi connectivity index (χ0v) is 14.0. The number of aryl methyl sites for hydroxylation is 3. The van der Waals surface area contributed by atoms with Gasteiger partial charge in [0.25, 0.3) is 0 Å². The van der Waals surface area contributed by atoms with Gasteiger partial charge >= 0.3 is 6.03 Å². The number of aromatic nitrogens is 3. The third-order valence-electron chi connectivity index (χ3n) is 4.61. The number of carbonyl (C=O) groups is 1. The third kappa shape index (κ3) is 2.82. The lowest BCUT2D eigenvalue weighted by Gasteiger charge is -2.15. The quantitative estimate of drug-likeness (QED) is 0.753. The van der Waals surface area contributed by atoms with E-state index in [1.54, 1.807) is 16.9 Å². The van der Waals surface area contributed by atoms with Gasteiger partial charge < -0.3 is 10.6 Å². The van der Waals surface area contributed by atoms with E-state index in [-0.39, 0.29) is 17.9 Å². The number of urea groups is 1. The number of pyridine rings is 1. The van der Waals surface area contributed by atoms with E-state index in [1.807, 2.05) is 20.0 Å². The van der Waals surface area contributed by atoms with Crippen LogP contribution in [0.5, 0.6) is 0 Å². The number of carbonyl (C=O) groups excluding carboxylic acids is 1. The molecule has 1 aromatic carbocycles. The van der Waals surface area contributed by atoms with E-state index in [1.165, 1.54) is 12.1 Å². The number of fused-ring (bicyclic) bond motifs is 2. The van der Waals surface area contributed by atoms with E-state index in [2.05, 4.69) is 20.7 Å². The molecule has 3 aromatic rings. The highest BCUT2D eigenvalue weighted by atomic mass is 19.1. The lowest BCUT2D eigenvalue weighted by atomic mass is 10.1. The maximum atomic E-state index is 13.3. The van der Waals surface area contributed by atoms with Crippen LogP contribution in [0.1, 0.15) is 29.3 Å². The Balaban J connectivity index is 1.49. The third-order valence-corrected chi connectivity index (χ3v) is 4.61. The number of halogens is 1. The molecule has 0 aliphatic heterocycles. The van der Waals surface area contributed by atoms with Crippen molar-refractivity contribution in [2.75, 3.05) is 5.32 Å². The Kier molecular flexibility index (Phi) is 3.63.